The number of carbonyl (C=O) groups is 1. The quantitative estimate of drug-likeness (QED) is 0.157. The summed E-state index contributed by atoms with van der Waals surface area (Å²) in [5.41, 5.74) is 10.2. The molecule has 184 valence electrons. The van der Waals surface area contributed by atoms with Gasteiger partial charge in [-0.05, 0) is 68.4 Å². The fraction of sp³-hybridized carbons (Fsp3) is 0.0690. The Hall–Kier alpha value is -4.01. The Morgan fingerprint density at radius 3 is 2.46 bits per heavy atom. The normalized spacial score (nSPS) is 11.1. The van der Waals surface area contributed by atoms with Gasteiger partial charge in [0.05, 0.1) is 11.9 Å². The maximum atomic E-state index is 12.6. The Morgan fingerprint density at radius 2 is 1.73 bits per heavy atom. The Kier molecular flexibility index (Phi) is 7.30. The summed E-state index contributed by atoms with van der Waals surface area (Å²) in [5.74, 6) is -0.273. The number of aromatic nitrogens is 2. The van der Waals surface area contributed by atoms with Gasteiger partial charge in [-0.3, -0.25) is 4.79 Å². The van der Waals surface area contributed by atoms with Gasteiger partial charge in [0, 0.05) is 49.3 Å². The lowest BCUT2D eigenvalue weighted by Crippen LogP contribution is -2.17. The standard InChI is InChI=1S/C29H24BrN5OS/c1-19-16-23(20(2)35(19)26-14-10-24(30)11-15-26)17-31-34-28(36)22-8-12-25(13-9-22)32-29-33-27(18-37-29)21-6-4-3-5-7-21/h3-18H,1-2H3,(H,32,33)(H,34,36)/b31-17-. The van der Waals surface area contributed by atoms with Crippen molar-refractivity contribution in [3.8, 4) is 16.9 Å². The highest BCUT2D eigenvalue weighted by atomic mass is 79.9. The van der Waals surface area contributed by atoms with E-state index < -0.39 is 0 Å². The molecule has 0 radical (unpaired) electrons. The van der Waals surface area contributed by atoms with Crippen molar-refractivity contribution in [3.63, 3.8) is 0 Å². The van der Waals surface area contributed by atoms with Crippen molar-refractivity contribution in [1.29, 1.82) is 0 Å². The van der Waals surface area contributed by atoms with Crippen LogP contribution in [0.25, 0.3) is 16.9 Å². The monoisotopic (exact) mass is 569 g/mol. The first-order chi connectivity index (χ1) is 18.0. The van der Waals surface area contributed by atoms with Crippen molar-refractivity contribution in [2.45, 2.75) is 13.8 Å². The van der Waals surface area contributed by atoms with Gasteiger partial charge >= 0.3 is 0 Å². The van der Waals surface area contributed by atoms with Crippen LogP contribution in [0.1, 0.15) is 27.3 Å². The SMILES string of the molecule is Cc1cc(/C=N\NC(=O)c2ccc(Nc3nc(-c4ccccc4)cs3)cc2)c(C)n1-c1ccc(Br)cc1. The second-order valence-corrected chi connectivity index (χ2v) is 10.2. The number of carbonyl (C=O) groups excluding carboxylic acids is 1. The molecule has 37 heavy (non-hydrogen) atoms. The molecule has 0 bridgehead atoms. The van der Waals surface area contributed by atoms with Crippen molar-refractivity contribution in [1.82, 2.24) is 15.0 Å². The zero-order valence-electron chi connectivity index (χ0n) is 20.3. The largest absolute Gasteiger partial charge is 0.332 e. The van der Waals surface area contributed by atoms with Crippen molar-refractivity contribution in [3.05, 3.63) is 117 Å². The van der Waals surface area contributed by atoms with Crippen LogP contribution < -0.4 is 10.7 Å². The molecule has 2 heterocycles. The molecule has 0 saturated heterocycles. The molecule has 8 heteroatoms. The number of nitrogens with zero attached hydrogens (tertiary/aromatic N) is 3. The topological polar surface area (TPSA) is 71.3 Å². The molecule has 0 spiro atoms. The third-order valence-corrected chi connectivity index (χ3v) is 7.18. The number of thiazole rings is 1. The molecule has 2 aromatic heterocycles. The zero-order chi connectivity index (χ0) is 25.8. The second-order valence-electron chi connectivity index (χ2n) is 8.44. The molecule has 0 aliphatic carbocycles. The van der Waals surface area contributed by atoms with Crippen LogP contribution >= 0.6 is 27.3 Å². The number of halogens is 1. The lowest BCUT2D eigenvalue weighted by Gasteiger charge is -2.09. The molecule has 1 amide bonds. The highest BCUT2D eigenvalue weighted by Gasteiger charge is 2.10. The Labute approximate surface area is 227 Å². The van der Waals surface area contributed by atoms with Gasteiger partial charge in [0.15, 0.2) is 5.13 Å². The lowest BCUT2D eigenvalue weighted by atomic mass is 10.2. The average molecular weight is 571 g/mol. The van der Waals surface area contributed by atoms with Gasteiger partial charge in [-0.1, -0.05) is 46.3 Å². The smallest absolute Gasteiger partial charge is 0.271 e. The molecule has 0 atom stereocenters. The average Bonchev–Trinajstić information content (AvgIpc) is 3.49. The minimum atomic E-state index is -0.273. The Morgan fingerprint density at radius 1 is 1.00 bits per heavy atom. The molecule has 2 N–H and O–H groups in total. The van der Waals surface area contributed by atoms with Gasteiger partial charge in [-0.25, -0.2) is 10.4 Å². The number of hydrogen-bond acceptors (Lipinski definition) is 5. The van der Waals surface area contributed by atoms with Crippen LogP contribution in [-0.4, -0.2) is 21.7 Å². The number of benzene rings is 3. The highest BCUT2D eigenvalue weighted by Crippen LogP contribution is 2.27. The van der Waals surface area contributed by atoms with Gasteiger partial charge < -0.3 is 9.88 Å². The molecule has 0 aliphatic heterocycles. The van der Waals surface area contributed by atoms with Gasteiger partial charge in [-0.15, -0.1) is 11.3 Å². The summed E-state index contributed by atoms with van der Waals surface area (Å²) in [5, 5.41) is 10.3. The van der Waals surface area contributed by atoms with Gasteiger partial charge in [0.2, 0.25) is 0 Å². The molecule has 6 nitrogen and oxygen atoms in total. The van der Waals surface area contributed by atoms with Crippen LogP contribution in [0.3, 0.4) is 0 Å². The van der Waals surface area contributed by atoms with Gasteiger partial charge in [0.1, 0.15) is 0 Å². The summed E-state index contributed by atoms with van der Waals surface area (Å²) in [6, 6.07) is 27.5. The fourth-order valence-corrected chi connectivity index (χ4v) is 5.04. The van der Waals surface area contributed by atoms with Gasteiger partial charge in [-0.2, -0.15) is 5.10 Å². The van der Waals surface area contributed by atoms with Crippen molar-refractivity contribution in [2.24, 2.45) is 5.10 Å². The number of rotatable bonds is 7. The number of hydrogen-bond donors (Lipinski definition) is 2. The fourth-order valence-electron chi connectivity index (χ4n) is 4.03. The van der Waals surface area contributed by atoms with Crippen LogP contribution in [0.4, 0.5) is 10.8 Å². The maximum absolute atomic E-state index is 12.6. The molecular weight excluding hydrogens is 546 g/mol. The summed E-state index contributed by atoms with van der Waals surface area (Å²) in [4.78, 5) is 17.3. The molecule has 0 fully saturated rings. The maximum Gasteiger partial charge on any atom is 0.271 e. The van der Waals surface area contributed by atoms with E-state index in [9.17, 15) is 4.79 Å². The van der Waals surface area contributed by atoms with Crippen LogP contribution in [0.2, 0.25) is 0 Å². The summed E-state index contributed by atoms with van der Waals surface area (Å²) in [6.07, 6.45) is 1.68. The van der Waals surface area contributed by atoms with Crippen LogP contribution in [0.15, 0.2) is 99.9 Å². The zero-order valence-corrected chi connectivity index (χ0v) is 22.7. The molecule has 0 aliphatic rings. The number of aryl methyl sites for hydroxylation is 1. The van der Waals surface area contributed by atoms with E-state index in [-0.39, 0.29) is 5.91 Å². The summed E-state index contributed by atoms with van der Waals surface area (Å²) >= 11 is 5.02. The Bertz CT molecular complexity index is 1550. The van der Waals surface area contributed by atoms with Crippen LogP contribution in [0.5, 0.6) is 0 Å². The third kappa shape index (κ3) is 5.71. The molecule has 3 aromatic carbocycles. The van der Waals surface area contributed by atoms with Gasteiger partial charge in [0.25, 0.3) is 5.91 Å². The predicted octanol–water partition coefficient (Wildman–Crippen LogP) is 7.49. The summed E-state index contributed by atoms with van der Waals surface area (Å²) < 4.78 is 3.19. The summed E-state index contributed by atoms with van der Waals surface area (Å²) in [7, 11) is 0. The first-order valence-electron chi connectivity index (χ1n) is 11.6. The van der Waals surface area contributed by atoms with Crippen LogP contribution in [-0.2, 0) is 0 Å². The predicted molar refractivity (Wildman–Crippen MR) is 155 cm³/mol. The van der Waals surface area contributed by atoms with Crippen molar-refractivity contribution in [2.75, 3.05) is 5.32 Å². The van der Waals surface area contributed by atoms with Crippen LogP contribution in [0, 0.1) is 13.8 Å². The second kappa shape index (κ2) is 10.9. The highest BCUT2D eigenvalue weighted by molar-refractivity contribution is 9.10. The van der Waals surface area contributed by atoms with E-state index in [1.807, 2.05) is 66.9 Å². The van der Waals surface area contributed by atoms with E-state index in [1.165, 1.54) is 11.3 Å². The van der Waals surface area contributed by atoms with Crippen molar-refractivity contribution >= 4 is 50.2 Å². The number of anilines is 2. The Balaban J connectivity index is 1.21. The third-order valence-electron chi connectivity index (χ3n) is 5.90. The van der Waals surface area contributed by atoms with E-state index in [0.29, 0.717) is 5.56 Å². The molecule has 5 aromatic rings. The first kappa shape index (κ1) is 24.7. The van der Waals surface area contributed by atoms with E-state index in [2.05, 4.69) is 66.4 Å². The molecule has 5 rings (SSSR count). The first-order valence-corrected chi connectivity index (χ1v) is 13.3. The van der Waals surface area contributed by atoms with Crippen molar-refractivity contribution < 1.29 is 4.79 Å². The van der Waals surface area contributed by atoms with E-state index >= 15 is 0 Å². The lowest BCUT2D eigenvalue weighted by molar-refractivity contribution is 0.0955. The minimum absolute atomic E-state index is 0.273. The van der Waals surface area contributed by atoms with E-state index in [4.69, 9.17) is 0 Å². The minimum Gasteiger partial charge on any atom is -0.332 e. The molecule has 0 unspecified atom stereocenters. The van der Waals surface area contributed by atoms with E-state index in [1.54, 1.807) is 18.3 Å². The molecular formula is C29H24BrN5OS. The number of amides is 1. The van der Waals surface area contributed by atoms with E-state index in [0.717, 1.165) is 49.2 Å². The molecule has 0 saturated carbocycles. The number of hydrazone groups is 1. The summed E-state index contributed by atoms with van der Waals surface area (Å²) in [6.45, 7) is 4.09. The number of nitrogens with one attached hydrogen (secondary N) is 2.